The lowest BCUT2D eigenvalue weighted by molar-refractivity contribution is -0.507. The van der Waals surface area contributed by atoms with Gasteiger partial charge in [0.25, 0.3) is 0 Å². The highest BCUT2D eigenvalue weighted by Crippen LogP contribution is 2.55. The lowest BCUT2D eigenvalue weighted by atomic mass is 10.3. The molecule has 1 nitrogen and oxygen atoms in total. The van der Waals surface area contributed by atoms with E-state index in [9.17, 15) is 65.9 Å². The Morgan fingerprint density at radius 3 is 0.571 bits per heavy atom. The summed E-state index contributed by atoms with van der Waals surface area (Å²) in [6.07, 6.45) is -22.8. The largest absolute Gasteiger partial charge is 0.469 e. The number of halogens is 15. The zero-order valence-electron chi connectivity index (χ0n) is 12.6. The van der Waals surface area contributed by atoms with Gasteiger partial charge in [0.1, 0.15) is 0 Å². The van der Waals surface area contributed by atoms with Crippen molar-refractivity contribution in [3.63, 3.8) is 0 Å². The summed E-state index contributed by atoms with van der Waals surface area (Å²) in [7, 11) is 0. The molecular formula is C12H6F15N. The van der Waals surface area contributed by atoms with E-state index in [1.807, 2.05) is 36.4 Å². The molecule has 0 aromatic heterocycles. The molecule has 0 heterocycles. The van der Waals surface area contributed by atoms with Gasteiger partial charge in [0.15, 0.2) is 0 Å². The molecule has 0 spiro atoms. The third kappa shape index (κ3) is 5.35. The molecule has 16 heteroatoms. The van der Waals surface area contributed by atoms with Crippen LogP contribution in [0.5, 0.6) is 0 Å². The van der Waals surface area contributed by atoms with E-state index in [1.165, 1.54) is 0 Å². The topological polar surface area (TPSA) is 3.24 Å². The van der Waals surface area contributed by atoms with Crippen molar-refractivity contribution >= 4 is 0 Å². The van der Waals surface area contributed by atoms with Gasteiger partial charge < -0.3 is 0 Å². The normalized spacial score (nSPS) is 14.6. The summed E-state index contributed by atoms with van der Waals surface area (Å²) in [4.78, 5) is -4.56. The molecule has 0 bridgehead atoms. The van der Waals surface area contributed by atoms with Crippen molar-refractivity contribution in [1.29, 1.82) is 0 Å². The van der Waals surface area contributed by atoms with E-state index in [-0.39, 0.29) is 0 Å². The summed E-state index contributed by atoms with van der Waals surface area (Å²) < 4.78 is 180. The second-order valence-corrected chi connectivity index (χ2v) is 4.61. The van der Waals surface area contributed by atoms with Gasteiger partial charge in [0.2, 0.25) is 0 Å². The van der Waals surface area contributed by atoms with Crippen LogP contribution < -0.4 is 0 Å². The van der Waals surface area contributed by atoms with Gasteiger partial charge in [-0.25, -0.2) is 0 Å². The van der Waals surface area contributed by atoms with Gasteiger partial charge in [-0.15, -0.1) is 0 Å². The van der Waals surface area contributed by atoms with Gasteiger partial charge in [-0.3, -0.25) is 0 Å². The van der Waals surface area contributed by atoms with Crippen LogP contribution in [0.2, 0.25) is 0 Å². The molecule has 164 valence electrons. The Morgan fingerprint density at radius 1 is 0.321 bits per heavy atom. The molecule has 0 atom stereocenters. The predicted octanol–water partition coefficient (Wildman–Crippen LogP) is 6.44. The maximum absolute atomic E-state index is 12.5. The highest BCUT2D eigenvalue weighted by atomic mass is 19.4. The number of alkyl halides is 15. The van der Waals surface area contributed by atoms with Gasteiger partial charge in [0, 0.05) is 0 Å². The van der Waals surface area contributed by atoms with Crippen molar-refractivity contribution in [2.75, 3.05) is 0 Å². The first-order valence-corrected chi connectivity index (χ1v) is 6.26. The Morgan fingerprint density at radius 2 is 0.464 bits per heavy atom. The van der Waals surface area contributed by atoms with Crippen molar-refractivity contribution < 1.29 is 65.9 Å². The quantitative estimate of drug-likeness (QED) is 0.379. The van der Waals surface area contributed by atoms with E-state index in [0.29, 0.717) is 0 Å². The molecule has 0 unspecified atom stereocenters. The fourth-order valence-electron chi connectivity index (χ4n) is 1.29. The van der Waals surface area contributed by atoms with Gasteiger partial charge in [-0.05, 0) is 0 Å². The second-order valence-electron chi connectivity index (χ2n) is 4.61. The van der Waals surface area contributed by atoms with E-state index >= 15 is 0 Å². The average Bonchev–Trinajstić information content (AvgIpc) is 2.45. The summed E-state index contributed by atoms with van der Waals surface area (Å²) in [5, 5.41) is 0. The zero-order valence-corrected chi connectivity index (χ0v) is 12.6. The van der Waals surface area contributed by atoms with Crippen LogP contribution in [-0.4, -0.2) is 41.6 Å². The van der Waals surface area contributed by atoms with Gasteiger partial charge in [0.05, 0.1) is 0 Å². The standard InChI is InChI=1S/C6F15N.C6H6/c7-1(8,9)4(16,17)22(5(18,19)2(10,11)12)6(20,21)3(13,14)15;1-2-4-6-5-3-1/h;1-6H. The lowest BCUT2D eigenvalue weighted by Gasteiger charge is -2.42. The summed E-state index contributed by atoms with van der Waals surface area (Å²) >= 11 is 0. The number of benzene rings is 1. The zero-order chi connectivity index (χ0) is 22.8. The molecule has 0 aliphatic heterocycles. The molecule has 0 fully saturated rings. The molecule has 1 aromatic carbocycles. The molecule has 0 radical (unpaired) electrons. The minimum Gasteiger partial charge on any atom is -0.177 e. The van der Waals surface area contributed by atoms with Crippen LogP contribution in [0, 0.1) is 0 Å². The van der Waals surface area contributed by atoms with Gasteiger partial charge >= 0.3 is 36.7 Å². The Bertz CT molecular complexity index is 510. The van der Waals surface area contributed by atoms with E-state index in [0.717, 1.165) is 0 Å². The molecule has 0 aliphatic carbocycles. The van der Waals surface area contributed by atoms with Crippen LogP contribution in [-0.2, 0) is 0 Å². The van der Waals surface area contributed by atoms with Crippen LogP contribution in [0.3, 0.4) is 0 Å². The molecule has 0 saturated heterocycles. The van der Waals surface area contributed by atoms with E-state index < -0.39 is 41.6 Å². The van der Waals surface area contributed by atoms with Crippen molar-refractivity contribution in [1.82, 2.24) is 4.90 Å². The molecule has 1 rings (SSSR count). The first kappa shape index (κ1) is 26.1. The highest BCUT2D eigenvalue weighted by Gasteiger charge is 2.84. The third-order valence-corrected chi connectivity index (χ3v) is 2.53. The molecule has 0 amide bonds. The fraction of sp³-hybridized carbons (Fsp3) is 0.500. The third-order valence-electron chi connectivity index (χ3n) is 2.53. The maximum Gasteiger partial charge on any atom is 0.469 e. The predicted molar refractivity (Wildman–Crippen MR) is 61.3 cm³/mol. The Hall–Kier alpha value is -1.87. The second kappa shape index (κ2) is 7.87. The average molecular weight is 449 g/mol. The number of nitrogens with zero attached hydrogens (tertiary/aromatic N) is 1. The number of hydrogen-bond acceptors (Lipinski definition) is 1. The number of rotatable bonds is 3. The monoisotopic (exact) mass is 449 g/mol. The Kier molecular flexibility index (Phi) is 7.34. The minimum absolute atomic E-state index is 2.00. The molecular weight excluding hydrogens is 443 g/mol. The van der Waals surface area contributed by atoms with Crippen molar-refractivity contribution in [3.05, 3.63) is 36.4 Å². The van der Waals surface area contributed by atoms with Gasteiger partial charge in [-0.1, -0.05) is 41.3 Å². The maximum atomic E-state index is 12.5. The van der Waals surface area contributed by atoms with Crippen LogP contribution in [0.25, 0.3) is 0 Å². The van der Waals surface area contributed by atoms with Crippen molar-refractivity contribution in [3.8, 4) is 0 Å². The van der Waals surface area contributed by atoms with Crippen LogP contribution in [0.1, 0.15) is 0 Å². The first-order chi connectivity index (χ1) is 12.1. The molecule has 28 heavy (non-hydrogen) atoms. The van der Waals surface area contributed by atoms with Crippen LogP contribution in [0.15, 0.2) is 36.4 Å². The SMILES string of the molecule is FC(F)(F)C(F)(F)N(C(F)(F)C(F)(F)F)C(F)(F)C(F)(F)F.c1ccccc1. The molecule has 0 aliphatic rings. The molecule has 0 N–H and O–H groups in total. The fourth-order valence-corrected chi connectivity index (χ4v) is 1.29. The van der Waals surface area contributed by atoms with Crippen molar-refractivity contribution in [2.24, 2.45) is 0 Å². The van der Waals surface area contributed by atoms with Crippen LogP contribution in [0.4, 0.5) is 65.9 Å². The van der Waals surface area contributed by atoms with Crippen molar-refractivity contribution in [2.45, 2.75) is 36.7 Å². The summed E-state index contributed by atoms with van der Waals surface area (Å²) in [6.45, 7) is 0. The van der Waals surface area contributed by atoms with Crippen LogP contribution >= 0.6 is 0 Å². The summed E-state index contributed by atoms with van der Waals surface area (Å²) in [5.74, 6) is 0. The number of hydrogen-bond donors (Lipinski definition) is 0. The Labute approximate surface area is 145 Å². The smallest absolute Gasteiger partial charge is 0.177 e. The highest BCUT2D eigenvalue weighted by molar-refractivity contribution is 4.99. The van der Waals surface area contributed by atoms with Gasteiger partial charge in [-0.2, -0.15) is 65.9 Å². The van der Waals surface area contributed by atoms with E-state index in [4.69, 9.17) is 0 Å². The van der Waals surface area contributed by atoms with E-state index in [2.05, 4.69) is 0 Å². The minimum atomic E-state index is -7.87. The molecule has 1 aromatic rings. The lowest BCUT2D eigenvalue weighted by Crippen LogP contribution is -2.72. The summed E-state index contributed by atoms with van der Waals surface area (Å²) in [5.41, 5.74) is 0. The first-order valence-electron chi connectivity index (χ1n) is 6.26. The summed E-state index contributed by atoms with van der Waals surface area (Å²) in [6, 6.07) is -11.6. The Balaban J connectivity index is 0.00000102. The van der Waals surface area contributed by atoms with E-state index in [1.54, 1.807) is 0 Å². The molecule has 0 saturated carbocycles.